The number of carbonyl (C=O) groups is 1. The van der Waals surface area contributed by atoms with Crippen molar-refractivity contribution in [3.05, 3.63) is 71.2 Å². The van der Waals surface area contributed by atoms with Crippen molar-refractivity contribution in [1.29, 1.82) is 0 Å². The normalized spacial score (nSPS) is 16.9. The molecule has 8 heteroatoms. The molecule has 4 heterocycles. The maximum Gasteiger partial charge on any atom is 0.261 e. The number of nitrogens with zero attached hydrogens (tertiary/aromatic N) is 6. The van der Waals surface area contributed by atoms with E-state index in [1.807, 2.05) is 51.9 Å². The highest BCUT2D eigenvalue weighted by atomic mass is 16.2. The number of amides is 1. The number of fused-ring (bicyclic) bond motifs is 2. The molecule has 8 nitrogen and oxygen atoms in total. The Morgan fingerprint density at radius 2 is 1.97 bits per heavy atom. The zero-order valence-electron chi connectivity index (χ0n) is 16.5. The number of rotatable bonds is 4. The van der Waals surface area contributed by atoms with E-state index in [0.29, 0.717) is 24.0 Å². The number of hydrogen-bond acceptors (Lipinski definition) is 5. The number of carbonyl (C=O) groups excluding carboxylic acids is 1. The average Bonchev–Trinajstić information content (AvgIpc) is 3.23. The molecular formula is C22H22N6O2. The third-order valence-corrected chi connectivity index (χ3v) is 5.78. The van der Waals surface area contributed by atoms with Crippen LogP contribution in [0.1, 0.15) is 31.0 Å². The van der Waals surface area contributed by atoms with Crippen LogP contribution in [0, 0.1) is 0 Å². The summed E-state index contributed by atoms with van der Waals surface area (Å²) in [6.07, 6.45) is 5.67. The second kappa shape index (κ2) is 7.70. The molecular weight excluding hydrogens is 380 g/mol. The number of para-hydroxylation sites is 1. The molecule has 0 aliphatic carbocycles. The van der Waals surface area contributed by atoms with E-state index in [9.17, 15) is 9.59 Å². The van der Waals surface area contributed by atoms with Crippen molar-refractivity contribution in [2.75, 3.05) is 13.1 Å². The highest BCUT2D eigenvalue weighted by molar-refractivity contribution is 5.77. The summed E-state index contributed by atoms with van der Waals surface area (Å²) in [4.78, 5) is 31.7. The van der Waals surface area contributed by atoms with Crippen LogP contribution < -0.4 is 5.56 Å². The van der Waals surface area contributed by atoms with Gasteiger partial charge in [0, 0.05) is 38.2 Å². The van der Waals surface area contributed by atoms with E-state index < -0.39 is 0 Å². The van der Waals surface area contributed by atoms with Crippen LogP contribution in [0.5, 0.6) is 0 Å². The SMILES string of the molecule is O=C(CCn1cnc2ccccc2c1=O)N1CCC[C@@H](c2nnc3ccccn23)C1. The smallest absolute Gasteiger partial charge is 0.261 e. The van der Waals surface area contributed by atoms with Crippen LogP contribution in [0.4, 0.5) is 0 Å². The van der Waals surface area contributed by atoms with Gasteiger partial charge in [-0.3, -0.25) is 18.6 Å². The topological polar surface area (TPSA) is 85.4 Å². The minimum atomic E-state index is -0.111. The molecule has 0 N–H and O–H groups in total. The molecule has 0 unspecified atom stereocenters. The Morgan fingerprint density at radius 3 is 2.90 bits per heavy atom. The molecule has 1 saturated heterocycles. The molecule has 0 saturated carbocycles. The summed E-state index contributed by atoms with van der Waals surface area (Å²) in [6.45, 7) is 1.68. The lowest BCUT2D eigenvalue weighted by Crippen LogP contribution is -2.40. The first-order chi connectivity index (χ1) is 14.7. The van der Waals surface area contributed by atoms with Crippen LogP contribution in [0.3, 0.4) is 0 Å². The van der Waals surface area contributed by atoms with Gasteiger partial charge in [0.1, 0.15) is 5.82 Å². The third-order valence-electron chi connectivity index (χ3n) is 5.78. The minimum Gasteiger partial charge on any atom is -0.342 e. The first kappa shape index (κ1) is 18.5. The summed E-state index contributed by atoms with van der Waals surface area (Å²) < 4.78 is 3.52. The molecule has 1 fully saturated rings. The van der Waals surface area contributed by atoms with Crippen molar-refractivity contribution >= 4 is 22.5 Å². The molecule has 1 amide bonds. The summed E-state index contributed by atoms with van der Waals surface area (Å²) in [6, 6.07) is 13.1. The number of piperidine rings is 1. The van der Waals surface area contributed by atoms with E-state index in [4.69, 9.17) is 0 Å². The zero-order chi connectivity index (χ0) is 20.5. The van der Waals surface area contributed by atoms with Gasteiger partial charge >= 0.3 is 0 Å². The zero-order valence-corrected chi connectivity index (χ0v) is 16.5. The van der Waals surface area contributed by atoms with E-state index >= 15 is 0 Å². The van der Waals surface area contributed by atoms with Gasteiger partial charge in [0.25, 0.3) is 5.56 Å². The van der Waals surface area contributed by atoms with E-state index in [2.05, 4.69) is 15.2 Å². The number of likely N-dealkylation sites (tertiary alicyclic amines) is 1. The van der Waals surface area contributed by atoms with Gasteiger partial charge in [-0.25, -0.2) is 4.98 Å². The van der Waals surface area contributed by atoms with E-state index in [0.717, 1.165) is 30.9 Å². The molecule has 0 bridgehead atoms. The quantitative estimate of drug-likeness (QED) is 0.523. The fourth-order valence-corrected chi connectivity index (χ4v) is 4.19. The van der Waals surface area contributed by atoms with Gasteiger partial charge in [0.15, 0.2) is 5.65 Å². The van der Waals surface area contributed by atoms with E-state index in [1.165, 1.54) is 10.9 Å². The Labute approximate surface area is 172 Å². The van der Waals surface area contributed by atoms with Crippen LogP contribution >= 0.6 is 0 Å². The summed E-state index contributed by atoms with van der Waals surface area (Å²) in [5, 5.41) is 9.18. The Hall–Kier alpha value is -3.55. The number of aryl methyl sites for hydroxylation is 1. The summed E-state index contributed by atoms with van der Waals surface area (Å²) in [5.74, 6) is 1.11. The summed E-state index contributed by atoms with van der Waals surface area (Å²) >= 11 is 0. The maximum absolute atomic E-state index is 12.9. The van der Waals surface area contributed by atoms with Crippen LogP contribution in [0.15, 0.2) is 59.8 Å². The Morgan fingerprint density at radius 1 is 1.10 bits per heavy atom. The predicted molar refractivity (Wildman–Crippen MR) is 112 cm³/mol. The molecule has 1 aliphatic rings. The fraction of sp³-hybridized carbons (Fsp3) is 0.318. The number of hydrogen-bond donors (Lipinski definition) is 0. The lowest BCUT2D eigenvalue weighted by atomic mass is 9.97. The van der Waals surface area contributed by atoms with Crippen LogP contribution in [0.2, 0.25) is 0 Å². The van der Waals surface area contributed by atoms with Crippen molar-refractivity contribution < 1.29 is 4.79 Å². The summed E-state index contributed by atoms with van der Waals surface area (Å²) in [5.41, 5.74) is 1.38. The number of benzene rings is 1. The Balaban J connectivity index is 1.28. The van der Waals surface area contributed by atoms with Crippen molar-refractivity contribution in [2.24, 2.45) is 0 Å². The number of pyridine rings is 1. The van der Waals surface area contributed by atoms with Crippen molar-refractivity contribution in [3.63, 3.8) is 0 Å². The first-order valence-corrected chi connectivity index (χ1v) is 10.2. The highest BCUT2D eigenvalue weighted by Crippen LogP contribution is 2.26. The van der Waals surface area contributed by atoms with E-state index in [-0.39, 0.29) is 23.8 Å². The molecule has 1 atom stereocenters. The Kier molecular flexibility index (Phi) is 4.74. The fourth-order valence-electron chi connectivity index (χ4n) is 4.19. The largest absolute Gasteiger partial charge is 0.342 e. The second-order valence-electron chi connectivity index (χ2n) is 7.68. The molecule has 30 heavy (non-hydrogen) atoms. The second-order valence-corrected chi connectivity index (χ2v) is 7.68. The first-order valence-electron chi connectivity index (χ1n) is 10.2. The van der Waals surface area contributed by atoms with Crippen molar-refractivity contribution in [3.8, 4) is 0 Å². The lowest BCUT2D eigenvalue weighted by Gasteiger charge is -2.32. The molecule has 152 valence electrons. The molecule has 5 rings (SSSR count). The van der Waals surface area contributed by atoms with Gasteiger partial charge in [-0.2, -0.15) is 0 Å². The number of aromatic nitrogens is 5. The standard InChI is InChI=1S/C22H22N6O2/c29-20(10-13-27-15-23-18-8-2-1-7-17(18)22(27)30)26-11-5-6-16(14-26)21-25-24-19-9-3-4-12-28(19)21/h1-4,7-9,12,15-16H,5-6,10-11,13-14H2/t16-/m1/s1. The third kappa shape index (κ3) is 3.34. The van der Waals surface area contributed by atoms with Gasteiger partial charge < -0.3 is 4.90 Å². The highest BCUT2D eigenvalue weighted by Gasteiger charge is 2.27. The maximum atomic E-state index is 12.9. The van der Waals surface area contributed by atoms with Crippen LogP contribution in [-0.4, -0.2) is 48.0 Å². The lowest BCUT2D eigenvalue weighted by molar-refractivity contribution is -0.132. The van der Waals surface area contributed by atoms with Crippen LogP contribution in [0.25, 0.3) is 16.6 Å². The molecule has 4 aromatic rings. The van der Waals surface area contributed by atoms with Gasteiger partial charge in [0.05, 0.1) is 17.2 Å². The average molecular weight is 402 g/mol. The van der Waals surface area contributed by atoms with E-state index in [1.54, 1.807) is 6.07 Å². The van der Waals surface area contributed by atoms with Crippen LogP contribution in [-0.2, 0) is 11.3 Å². The van der Waals surface area contributed by atoms with Gasteiger partial charge in [-0.15, -0.1) is 10.2 Å². The molecule has 0 spiro atoms. The molecule has 1 aromatic carbocycles. The molecule has 0 radical (unpaired) electrons. The van der Waals surface area contributed by atoms with Crippen molar-refractivity contribution in [2.45, 2.75) is 31.7 Å². The molecule has 1 aliphatic heterocycles. The monoisotopic (exact) mass is 402 g/mol. The van der Waals surface area contributed by atoms with Gasteiger partial charge in [0.2, 0.25) is 5.91 Å². The van der Waals surface area contributed by atoms with Gasteiger partial charge in [-0.1, -0.05) is 18.2 Å². The van der Waals surface area contributed by atoms with Gasteiger partial charge in [-0.05, 0) is 37.1 Å². The Bertz CT molecular complexity index is 1280. The summed E-state index contributed by atoms with van der Waals surface area (Å²) in [7, 11) is 0. The molecule has 3 aromatic heterocycles. The minimum absolute atomic E-state index is 0.0496. The van der Waals surface area contributed by atoms with Crippen molar-refractivity contribution in [1.82, 2.24) is 29.0 Å². The predicted octanol–water partition coefficient (Wildman–Crippen LogP) is 2.24.